The molecular formula is C9H11N7O2. The number of carbonyl (C=O) groups is 1. The third-order valence-electron chi connectivity index (χ3n) is 2.00. The molecule has 0 bridgehead atoms. The first-order chi connectivity index (χ1) is 8.65. The molecule has 2 rings (SSSR count). The second-order valence-electron chi connectivity index (χ2n) is 3.44. The number of nitrogens with two attached hydrogens (primary N) is 1. The largest absolute Gasteiger partial charge is 0.460 e. The van der Waals surface area contributed by atoms with Crippen LogP contribution < -0.4 is 11.2 Å². The van der Waals surface area contributed by atoms with E-state index in [1.54, 1.807) is 12.1 Å². The zero-order chi connectivity index (χ0) is 13.0. The average molecular weight is 249 g/mol. The van der Waals surface area contributed by atoms with Gasteiger partial charge in [-0.3, -0.25) is 4.79 Å². The lowest BCUT2D eigenvalue weighted by atomic mass is 10.4. The molecule has 2 aromatic rings. The Balaban J connectivity index is 1.85. The zero-order valence-electron chi connectivity index (χ0n) is 9.57. The number of hydrogen-bond acceptors (Lipinski definition) is 7. The van der Waals surface area contributed by atoms with Crippen LogP contribution in [-0.2, 0) is 11.3 Å². The van der Waals surface area contributed by atoms with Crippen molar-refractivity contribution in [1.82, 2.24) is 25.6 Å². The summed E-state index contributed by atoms with van der Waals surface area (Å²) in [6, 6.07) is 3.54. The van der Waals surface area contributed by atoms with Gasteiger partial charge in [-0.25, -0.2) is 10.1 Å². The fraction of sp³-hybridized carbons (Fsp3) is 0.222. The van der Waals surface area contributed by atoms with Crippen molar-refractivity contribution in [3.05, 3.63) is 23.7 Å². The molecule has 0 aromatic carbocycles. The molecule has 0 fully saturated rings. The number of aryl methyl sites for hydroxylation is 1. The van der Waals surface area contributed by atoms with Crippen molar-refractivity contribution >= 4 is 18.1 Å². The van der Waals surface area contributed by atoms with Gasteiger partial charge in [-0.05, 0) is 29.5 Å². The van der Waals surface area contributed by atoms with E-state index < -0.39 is 5.91 Å². The van der Waals surface area contributed by atoms with Gasteiger partial charge in [0.15, 0.2) is 0 Å². The van der Waals surface area contributed by atoms with Crippen LogP contribution in [0.25, 0.3) is 0 Å². The number of anilines is 1. The fourth-order valence-corrected chi connectivity index (χ4v) is 1.19. The molecular weight excluding hydrogens is 238 g/mol. The number of rotatable bonds is 4. The Morgan fingerprint density at radius 3 is 3.11 bits per heavy atom. The van der Waals surface area contributed by atoms with Crippen LogP contribution >= 0.6 is 0 Å². The van der Waals surface area contributed by atoms with Crippen molar-refractivity contribution in [1.29, 1.82) is 0 Å². The number of nitrogens with zero attached hydrogens (tertiary/aromatic N) is 5. The van der Waals surface area contributed by atoms with Crippen molar-refractivity contribution in [3.63, 3.8) is 0 Å². The molecule has 0 atom stereocenters. The normalized spacial score (nSPS) is 10.9. The number of aromatic nitrogens is 4. The van der Waals surface area contributed by atoms with Crippen LogP contribution in [0.2, 0.25) is 0 Å². The molecule has 0 radical (unpaired) electrons. The topological polar surface area (TPSA) is 124 Å². The van der Waals surface area contributed by atoms with Gasteiger partial charge in [0.1, 0.15) is 18.1 Å². The summed E-state index contributed by atoms with van der Waals surface area (Å²) in [6.45, 7) is 1.71. The molecule has 0 spiro atoms. The highest BCUT2D eigenvalue weighted by Crippen LogP contribution is 2.02. The summed E-state index contributed by atoms with van der Waals surface area (Å²) in [6.07, 6.45) is 1.40. The molecule has 0 aliphatic rings. The zero-order valence-corrected chi connectivity index (χ0v) is 9.57. The lowest BCUT2D eigenvalue weighted by Crippen LogP contribution is -2.24. The molecule has 0 aliphatic carbocycles. The van der Waals surface area contributed by atoms with Crippen LogP contribution in [0.1, 0.15) is 11.5 Å². The number of hydrogen-bond donors (Lipinski definition) is 2. The van der Waals surface area contributed by atoms with Gasteiger partial charge in [0.25, 0.3) is 5.91 Å². The number of nitrogens with one attached hydrogen (secondary N) is 1. The maximum Gasteiger partial charge on any atom is 0.261 e. The molecule has 2 heterocycles. The van der Waals surface area contributed by atoms with Crippen molar-refractivity contribution < 1.29 is 9.21 Å². The van der Waals surface area contributed by atoms with E-state index in [1.165, 1.54) is 6.21 Å². The van der Waals surface area contributed by atoms with E-state index in [-0.39, 0.29) is 12.5 Å². The van der Waals surface area contributed by atoms with Gasteiger partial charge in [0.05, 0.1) is 6.21 Å². The van der Waals surface area contributed by atoms with Crippen molar-refractivity contribution in [2.24, 2.45) is 5.10 Å². The van der Waals surface area contributed by atoms with Crippen molar-refractivity contribution in [2.75, 3.05) is 5.73 Å². The fourth-order valence-electron chi connectivity index (χ4n) is 1.19. The minimum atomic E-state index is -0.395. The van der Waals surface area contributed by atoms with E-state index >= 15 is 0 Å². The molecule has 18 heavy (non-hydrogen) atoms. The van der Waals surface area contributed by atoms with Crippen LogP contribution in [0.15, 0.2) is 21.7 Å². The average Bonchev–Trinajstić information content (AvgIpc) is 2.89. The summed E-state index contributed by atoms with van der Waals surface area (Å²) in [5.74, 6) is 0.989. The van der Waals surface area contributed by atoms with Crippen molar-refractivity contribution in [2.45, 2.75) is 13.5 Å². The molecule has 9 heteroatoms. The second-order valence-corrected chi connectivity index (χ2v) is 3.44. The van der Waals surface area contributed by atoms with E-state index in [0.29, 0.717) is 5.76 Å². The van der Waals surface area contributed by atoms with E-state index in [0.717, 1.165) is 10.4 Å². The quantitative estimate of drug-likeness (QED) is 0.545. The van der Waals surface area contributed by atoms with Crippen LogP contribution in [-0.4, -0.2) is 32.3 Å². The van der Waals surface area contributed by atoms with Crippen LogP contribution in [0.3, 0.4) is 0 Å². The minimum Gasteiger partial charge on any atom is -0.460 e. The maximum atomic E-state index is 11.4. The third kappa shape index (κ3) is 2.90. The molecule has 94 valence electrons. The van der Waals surface area contributed by atoms with Gasteiger partial charge in [-0.1, -0.05) is 5.10 Å². The molecule has 9 nitrogen and oxygen atoms in total. The Hall–Kier alpha value is -2.71. The van der Waals surface area contributed by atoms with Crippen LogP contribution in [0, 0.1) is 6.92 Å². The second kappa shape index (κ2) is 5.08. The van der Waals surface area contributed by atoms with Crippen LogP contribution in [0.5, 0.6) is 0 Å². The van der Waals surface area contributed by atoms with Gasteiger partial charge >= 0.3 is 0 Å². The SMILES string of the molecule is Cc1ccc(/C=N/NC(=O)Cn2nnnc2N)o1. The number of furan rings is 1. The number of hydrazone groups is 1. The summed E-state index contributed by atoms with van der Waals surface area (Å²) in [5, 5.41) is 14.0. The Labute approximate surface area is 102 Å². The Bertz CT molecular complexity index is 571. The molecule has 0 aliphatic heterocycles. The monoisotopic (exact) mass is 249 g/mol. The minimum absolute atomic E-state index is 0.0655. The standard InChI is InChI=1S/C9H11N7O2/c1-6-2-3-7(18-6)4-11-12-8(17)5-16-9(10)13-14-15-16/h2-4H,5H2,1H3,(H,12,17)(H2,10,13,15)/b11-4+. The van der Waals surface area contributed by atoms with E-state index in [1.807, 2.05) is 6.92 Å². The van der Waals surface area contributed by atoms with Gasteiger partial charge in [-0.15, -0.1) is 0 Å². The molecule has 0 unspecified atom stereocenters. The lowest BCUT2D eigenvalue weighted by Gasteiger charge is -1.99. The Kier molecular flexibility index (Phi) is 3.32. The molecule has 3 N–H and O–H groups in total. The third-order valence-corrected chi connectivity index (χ3v) is 2.00. The summed E-state index contributed by atoms with van der Waals surface area (Å²) in [4.78, 5) is 11.4. The smallest absolute Gasteiger partial charge is 0.261 e. The first kappa shape index (κ1) is 11.8. The number of amides is 1. The molecule has 2 aromatic heterocycles. The summed E-state index contributed by atoms with van der Waals surface area (Å²) in [5.41, 5.74) is 7.71. The first-order valence-electron chi connectivity index (χ1n) is 5.05. The highest BCUT2D eigenvalue weighted by atomic mass is 16.3. The maximum absolute atomic E-state index is 11.4. The molecule has 1 amide bonds. The van der Waals surface area contributed by atoms with E-state index in [2.05, 4.69) is 26.1 Å². The summed E-state index contributed by atoms with van der Waals surface area (Å²) >= 11 is 0. The van der Waals surface area contributed by atoms with E-state index in [4.69, 9.17) is 10.2 Å². The van der Waals surface area contributed by atoms with E-state index in [9.17, 15) is 4.79 Å². The molecule has 0 saturated heterocycles. The Morgan fingerprint density at radius 2 is 2.50 bits per heavy atom. The van der Waals surface area contributed by atoms with Gasteiger partial charge < -0.3 is 10.2 Å². The number of nitrogen functional groups attached to an aromatic ring is 1. The van der Waals surface area contributed by atoms with Gasteiger partial charge in [0.2, 0.25) is 5.95 Å². The Morgan fingerprint density at radius 1 is 1.67 bits per heavy atom. The number of tetrazole rings is 1. The summed E-state index contributed by atoms with van der Waals surface area (Å²) in [7, 11) is 0. The predicted molar refractivity (Wildman–Crippen MR) is 61.4 cm³/mol. The number of carbonyl (C=O) groups excluding carboxylic acids is 1. The highest BCUT2D eigenvalue weighted by molar-refractivity contribution is 5.80. The molecule has 0 saturated carbocycles. The summed E-state index contributed by atoms with van der Waals surface area (Å²) < 4.78 is 6.39. The predicted octanol–water partition coefficient (Wildman–Crippen LogP) is -0.693. The van der Waals surface area contributed by atoms with Gasteiger partial charge in [0, 0.05) is 0 Å². The van der Waals surface area contributed by atoms with Crippen LogP contribution in [0.4, 0.5) is 5.95 Å². The first-order valence-corrected chi connectivity index (χ1v) is 5.05. The highest BCUT2D eigenvalue weighted by Gasteiger charge is 2.06. The van der Waals surface area contributed by atoms with Gasteiger partial charge in [-0.2, -0.15) is 5.10 Å². The lowest BCUT2D eigenvalue weighted by molar-refractivity contribution is -0.121. The van der Waals surface area contributed by atoms with Crippen molar-refractivity contribution in [3.8, 4) is 0 Å².